The summed E-state index contributed by atoms with van der Waals surface area (Å²) in [5.41, 5.74) is 3.27. The van der Waals surface area contributed by atoms with E-state index in [4.69, 9.17) is 4.74 Å². The van der Waals surface area contributed by atoms with E-state index < -0.39 is 6.09 Å². The second-order valence-electron chi connectivity index (χ2n) is 9.34. The molecule has 0 saturated heterocycles. The van der Waals surface area contributed by atoms with Crippen molar-refractivity contribution in [3.8, 4) is 16.9 Å². The van der Waals surface area contributed by atoms with Gasteiger partial charge in [0, 0.05) is 30.6 Å². The highest BCUT2D eigenvalue weighted by Gasteiger charge is 2.35. The first-order valence-electron chi connectivity index (χ1n) is 11.9. The number of hydrogen-bond acceptors (Lipinski definition) is 4. The molecule has 35 heavy (non-hydrogen) atoms. The van der Waals surface area contributed by atoms with E-state index in [1.54, 1.807) is 22.8 Å². The van der Waals surface area contributed by atoms with Crippen LogP contribution in [0.25, 0.3) is 21.9 Å². The minimum Gasteiger partial charge on any atom is -0.409 e. The molecule has 1 aliphatic carbocycles. The maximum atomic E-state index is 13.5. The number of aromatic nitrogens is 2. The normalized spacial score (nSPS) is 17.4. The molecule has 1 aromatic heterocycles. The Hall–Kier alpha value is -4.13. The van der Waals surface area contributed by atoms with Gasteiger partial charge in [-0.2, -0.15) is 5.10 Å². The van der Waals surface area contributed by atoms with Crippen molar-refractivity contribution in [3.05, 3.63) is 73.1 Å². The van der Waals surface area contributed by atoms with Crippen LogP contribution < -0.4 is 14.5 Å². The zero-order valence-corrected chi connectivity index (χ0v) is 19.7. The lowest BCUT2D eigenvalue weighted by atomic mass is 10.0. The average molecular weight is 467 g/mol. The minimum absolute atomic E-state index is 0.0601. The average Bonchev–Trinajstić information content (AvgIpc) is 3.59. The fraction of sp³-hybridized carbons (Fsp3) is 0.250. The van der Waals surface area contributed by atoms with Crippen LogP contribution in [0.4, 0.5) is 16.2 Å². The quantitative estimate of drug-likeness (QED) is 0.383. The Morgan fingerprint density at radius 3 is 2.57 bits per heavy atom. The first-order valence-corrected chi connectivity index (χ1v) is 11.9. The molecule has 0 N–H and O–H groups in total. The third-order valence-corrected chi connectivity index (χ3v) is 6.78. The maximum absolute atomic E-state index is 13.5. The van der Waals surface area contributed by atoms with Gasteiger partial charge in [0.25, 0.3) is 0 Å². The maximum Gasteiger partial charge on any atom is 0.419 e. The molecule has 0 unspecified atom stereocenters. The monoisotopic (exact) mass is 466 g/mol. The topological polar surface area (TPSA) is 67.7 Å². The van der Waals surface area contributed by atoms with Gasteiger partial charge in [-0.1, -0.05) is 42.5 Å². The summed E-state index contributed by atoms with van der Waals surface area (Å²) in [6.45, 7) is 3.83. The molecule has 3 aromatic carbocycles. The van der Waals surface area contributed by atoms with Crippen molar-refractivity contribution in [3.63, 3.8) is 0 Å². The van der Waals surface area contributed by atoms with Gasteiger partial charge in [-0.15, -0.1) is 0 Å². The number of anilines is 2. The molecule has 1 aliphatic heterocycles. The summed E-state index contributed by atoms with van der Waals surface area (Å²) in [7, 11) is 0. The lowest BCUT2D eigenvalue weighted by Crippen LogP contribution is -2.52. The highest BCUT2D eigenvalue weighted by Crippen LogP contribution is 2.40. The van der Waals surface area contributed by atoms with Crippen molar-refractivity contribution in [2.45, 2.75) is 38.8 Å². The van der Waals surface area contributed by atoms with E-state index in [0.29, 0.717) is 29.7 Å². The van der Waals surface area contributed by atoms with Crippen LogP contribution in [0.1, 0.15) is 32.7 Å². The van der Waals surface area contributed by atoms with E-state index in [-0.39, 0.29) is 11.9 Å². The van der Waals surface area contributed by atoms with Crippen LogP contribution in [0.3, 0.4) is 0 Å². The van der Waals surface area contributed by atoms with Crippen LogP contribution >= 0.6 is 0 Å². The Morgan fingerprint density at radius 1 is 0.971 bits per heavy atom. The summed E-state index contributed by atoms with van der Waals surface area (Å²) in [6.07, 6.45) is 5.75. The molecule has 2 amide bonds. The summed E-state index contributed by atoms with van der Waals surface area (Å²) >= 11 is 0. The molecule has 1 atom stereocenters. The second kappa shape index (κ2) is 8.27. The number of ether oxygens (including phenoxy) is 1. The van der Waals surface area contributed by atoms with Crippen molar-refractivity contribution in [2.24, 2.45) is 0 Å². The highest BCUT2D eigenvalue weighted by atomic mass is 16.6. The third kappa shape index (κ3) is 3.83. The van der Waals surface area contributed by atoms with Crippen molar-refractivity contribution in [2.75, 3.05) is 16.3 Å². The standard InChI is InChI=1S/C28H26N4O3/c1-18-16-30(28(34)35-27-9-5-7-20-6-3-4-8-24(20)27)26-14-21(10-13-25(26)32(18)19(2)33)22-15-29-31(17-22)23-11-12-23/h3-10,13-15,17-18,23H,11-12,16H2,1-2H3/t18-/m0/s1. The summed E-state index contributed by atoms with van der Waals surface area (Å²) in [5.74, 6) is 0.452. The number of carbonyl (C=O) groups excluding carboxylic acids is 2. The SMILES string of the molecule is CC(=O)N1c2ccc(-c3cnn(C4CC4)c3)cc2N(C(=O)Oc2cccc3ccccc23)C[C@@H]1C. The van der Waals surface area contributed by atoms with Crippen LogP contribution in [0.2, 0.25) is 0 Å². The molecule has 1 fully saturated rings. The molecular formula is C28H26N4O3. The Balaban J connectivity index is 1.39. The number of rotatable bonds is 3. The number of hydrogen-bond donors (Lipinski definition) is 0. The Morgan fingerprint density at radius 2 is 1.77 bits per heavy atom. The second-order valence-corrected chi connectivity index (χ2v) is 9.34. The van der Waals surface area contributed by atoms with Crippen molar-refractivity contribution >= 4 is 34.1 Å². The third-order valence-electron chi connectivity index (χ3n) is 6.78. The number of nitrogens with zero attached hydrogens (tertiary/aromatic N) is 4. The zero-order valence-electron chi connectivity index (χ0n) is 19.7. The fourth-order valence-corrected chi connectivity index (χ4v) is 4.92. The first-order chi connectivity index (χ1) is 17.0. The molecular weight excluding hydrogens is 440 g/mol. The molecule has 0 spiro atoms. The molecule has 6 rings (SSSR count). The van der Waals surface area contributed by atoms with Gasteiger partial charge in [-0.05, 0) is 48.9 Å². The van der Waals surface area contributed by atoms with Crippen LogP contribution in [0.15, 0.2) is 73.1 Å². The van der Waals surface area contributed by atoms with E-state index in [1.165, 1.54) is 0 Å². The van der Waals surface area contributed by atoms with Crippen LogP contribution in [0.5, 0.6) is 5.75 Å². The Labute approximate surface area is 203 Å². The smallest absolute Gasteiger partial charge is 0.409 e. The van der Waals surface area contributed by atoms with E-state index in [2.05, 4.69) is 5.10 Å². The molecule has 7 nitrogen and oxygen atoms in total. The highest BCUT2D eigenvalue weighted by molar-refractivity contribution is 6.04. The van der Waals surface area contributed by atoms with Crippen molar-refractivity contribution in [1.29, 1.82) is 0 Å². The summed E-state index contributed by atoms with van der Waals surface area (Å²) in [4.78, 5) is 29.4. The molecule has 2 aliphatic rings. The van der Waals surface area contributed by atoms with Gasteiger partial charge in [0.05, 0.1) is 29.7 Å². The summed E-state index contributed by atoms with van der Waals surface area (Å²) in [5, 5.41) is 6.39. The lowest BCUT2D eigenvalue weighted by molar-refractivity contribution is -0.117. The molecule has 0 bridgehead atoms. The van der Waals surface area contributed by atoms with Gasteiger partial charge >= 0.3 is 6.09 Å². The van der Waals surface area contributed by atoms with E-state index >= 15 is 0 Å². The van der Waals surface area contributed by atoms with E-state index in [0.717, 1.165) is 34.7 Å². The summed E-state index contributed by atoms with van der Waals surface area (Å²) in [6, 6.07) is 19.6. The van der Waals surface area contributed by atoms with Gasteiger partial charge in [-0.25, -0.2) is 4.79 Å². The van der Waals surface area contributed by atoms with Gasteiger partial charge < -0.3 is 9.64 Å². The zero-order chi connectivity index (χ0) is 24.1. The largest absolute Gasteiger partial charge is 0.419 e. The number of amides is 2. The summed E-state index contributed by atoms with van der Waals surface area (Å²) < 4.78 is 7.93. The fourth-order valence-electron chi connectivity index (χ4n) is 4.92. The first kappa shape index (κ1) is 21.4. The number of fused-ring (bicyclic) bond motifs is 2. The Bertz CT molecular complexity index is 1450. The van der Waals surface area contributed by atoms with Crippen molar-refractivity contribution in [1.82, 2.24) is 9.78 Å². The molecule has 0 radical (unpaired) electrons. The lowest BCUT2D eigenvalue weighted by Gasteiger charge is -2.40. The molecule has 1 saturated carbocycles. The van der Waals surface area contributed by atoms with Crippen LogP contribution in [-0.4, -0.2) is 34.4 Å². The van der Waals surface area contributed by atoms with Crippen LogP contribution in [-0.2, 0) is 4.79 Å². The van der Waals surface area contributed by atoms with Crippen molar-refractivity contribution < 1.29 is 14.3 Å². The van der Waals surface area contributed by atoms with Gasteiger partial charge in [0.2, 0.25) is 5.91 Å². The predicted octanol–water partition coefficient (Wildman–Crippen LogP) is 5.80. The molecule has 176 valence electrons. The molecule has 7 heteroatoms. The number of benzene rings is 3. The van der Waals surface area contributed by atoms with Gasteiger partial charge in [0.15, 0.2) is 0 Å². The molecule has 2 heterocycles. The van der Waals surface area contributed by atoms with Gasteiger partial charge in [-0.3, -0.25) is 14.4 Å². The minimum atomic E-state index is -0.469. The molecule has 4 aromatic rings. The number of carbonyl (C=O) groups is 2. The Kier molecular flexibility index (Phi) is 5.06. The van der Waals surface area contributed by atoms with E-state index in [9.17, 15) is 9.59 Å². The van der Waals surface area contributed by atoms with Crippen LogP contribution in [0, 0.1) is 0 Å². The van der Waals surface area contributed by atoms with E-state index in [1.807, 2.05) is 78.6 Å². The predicted molar refractivity (Wildman–Crippen MR) is 136 cm³/mol. The van der Waals surface area contributed by atoms with Gasteiger partial charge in [0.1, 0.15) is 5.75 Å².